The third-order valence-electron chi connectivity index (χ3n) is 5.10. The molecule has 0 unspecified atom stereocenters. The highest BCUT2D eigenvalue weighted by Crippen LogP contribution is 2.36. The average molecular weight is 402 g/mol. The molecule has 1 heterocycles. The second-order valence-electron chi connectivity index (χ2n) is 7.11. The Morgan fingerprint density at radius 2 is 1.33 bits per heavy atom. The van der Waals surface area contributed by atoms with E-state index in [1.54, 1.807) is 12.1 Å². The summed E-state index contributed by atoms with van der Waals surface area (Å²) >= 11 is 0. The number of ether oxygens (including phenoxy) is 1. The van der Waals surface area contributed by atoms with Gasteiger partial charge in [-0.1, -0.05) is 78.9 Å². The number of hydrogen-bond acceptors (Lipinski definition) is 4. The molecule has 30 heavy (non-hydrogen) atoms. The number of nitrogens with one attached hydrogen (secondary N) is 1. The molecule has 3 amide bonds. The van der Waals surface area contributed by atoms with Crippen molar-refractivity contribution >= 4 is 11.9 Å². The van der Waals surface area contributed by atoms with E-state index in [0.29, 0.717) is 16.9 Å². The van der Waals surface area contributed by atoms with Crippen LogP contribution in [-0.2, 0) is 10.3 Å². The van der Waals surface area contributed by atoms with Crippen LogP contribution in [0.15, 0.2) is 91.0 Å². The molecule has 6 nitrogen and oxygen atoms in total. The zero-order chi connectivity index (χ0) is 21.0. The largest absolute Gasteiger partial charge is 0.491 e. The van der Waals surface area contributed by atoms with Gasteiger partial charge in [-0.05, 0) is 23.3 Å². The molecule has 0 aliphatic carbocycles. The van der Waals surface area contributed by atoms with Gasteiger partial charge in [0.05, 0.1) is 6.54 Å². The number of para-hydroxylation sites is 1. The normalized spacial score (nSPS) is 16.2. The fourth-order valence-electron chi connectivity index (χ4n) is 3.65. The highest BCUT2D eigenvalue weighted by molar-refractivity contribution is 6.09. The second-order valence-corrected chi connectivity index (χ2v) is 7.11. The summed E-state index contributed by atoms with van der Waals surface area (Å²) in [4.78, 5) is 27.4. The van der Waals surface area contributed by atoms with Gasteiger partial charge >= 0.3 is 6.03 Å². The van der Waals surface area contributed by atoms with E-state index in [4.69, 9.17) is 4.74 Å². The summed E-state index contributed by atoms with van der Waals surface area (Å²) in [6.45, 7) is -0.205. The molecule has 0 radical (unpaired) electrons. The number of aliphatic hydroxyl groups excluding tert-OH is 1. The number of β-amino-alcohol motifs (C(OH)–C–C–N with tert-alkyl or cyclic N) is 1. The Balaban J connectivity index is 1.58. The van der Waals surface area contributed by atoms with Crippen LogP contribution >= 0.6 is 0 Å². The minimum atomic E-state index is -1.33. The Kier molecular flexibility index (Phi) is 5.50. The monoisotopic (exact) mass is 402 g/mol. The van der Waals surface area contributed by atoms with Crippen LogP contribution in [0.5, 0.6) is 5.75 Å². The van der Waals surface area contributed by atoms with Crippen LogP contribution < -0.4 is 10.1 Å². The molecule has 1 fully saturated rings. The maximum atomic E-state index is 13.5. The zero-order valence-electron chi connectivity index (χ0n) is 16.3. The summed E-state index contributed by atoms with van der Waals surface area (Å²) in [5.41, 5.74) is -0.0151. The first-order valence-electron chi connectivity index (χ1n) is 9.72. The van der Waals surface area contributed by atoms with Crippen molar-refractivity contribution in [3.8, 4) is 5.75 Å². The van der Waals surface area contributed by atoms with Gasteiger partial charge in [-0.3, -0.25) is 9.69 Å². The lowest BCUT2D eigenvalue weighted by atomic mass is 9.82. The first kappa shape index (κ1) is 19.7. The Morgan fingerprint density at radius 3 is 1.87 bits per heavy atom. The molecule has 0 aromatic heterocycles. The molecular formula is C24H22N2O4. The smallest absolute Gasteiger partial charge is 0.325 e. The van der Waals surface area contributed by atoms with Crippen molar-refractivity contribution in [2.45, 2.75) is 11.6 Å². The average Bonchev–Trinajstić information content (AvgIpc) is 3.05. The van der Waals surface area contributed by atoms with E-state index in [1.807, 2.05) is 78.9 Å². The molecule has 0 spiro atoms. The third-order valence-corrected chi connectivity index (χ3v) is 5.10. The highest BCUT2D eigenvalue weighted by atomic mass is 16.5. The maximum absolute atomic E-state index is 13.5. The van der Waals surface area contributed by atoms with Gasteiger partial charge in [0.25, 0.3) is 5.91 Å². The molecule has 1 aliphatic rings. The third kappa shape index (κ3) is 3.65. The SMILES string of the molecule is O=C1NC(c2ccccc2)(c2ccccc2)C(=O)N1C[C@@H](O)COc1ccccc1. The van der Waals surface area contributed by atoms with Crippen LogP contribution in [0.3, 0.4) is 0 Å². The highest BCUT2D eigenvalue weighted by Gasteiger charge is 2.53. The van der Waals surface area contributed by atoms with Crippen LogP contribution in [0.4, 0.5) is 4.79 Å². The van der Waals surface area contributed by atoms with Gasteiger partial charge in [0.1, 0.15) is 18.5 Å². The molecule has 4 rings (SSSR count). The van der Waals surface area contributed by atoms with E-state index in [9.17, 15) is 14.7 Å². The van der Waals surface area contributed by atoms with Crippen LogP contribution in [-0.4, -0.2) is 41.2 Å². The topological polar surface area (TPSA) is 78.9 Å². The summed E-state index contributed by atoms with van der Waals surface area (Å²) in [7, 11) is 0. The van der Waals surface area contributed by atoms with Crippen molar-refractivity contribution in [2.24, 2.45) is 0 Å². The number of urea groups is 1. The molecule has 1 saturated heterocycles. The molecular weight excluding hydrogens is 380 g/mol. The summed E-state index contributed by atoms with van der Waals surface area (Å²) in [5, 5.41) is 13.3. The predicted molar refractivity (Wildman–Crippen MR) is 112 cm³/mol. The standard InChI is InChI=1S/C24H22N2O4/c27-20(17-30-21-14-8-3-9-15-21)16-26-22(28)24(25-23(26)29,18-10-4-1-5-11-18)19-12-6-2-7-13-19/h1-15,20,27H,16-17H2,(H,25,29)/t20-/m1/s1. The zero-order valence-corrected chi connectivity index (χ0v) is 16.3. The summed E-state index contributed by atoms with van der Waals surface area (Å²) in [5.74, 6) is 0.181. The number of carbonyl (C=O) groups is 2. The Hall–Kier alpha value is -3.64. The fraction of sp³-hybridized carbons (Fsp3) is 0.167. The van der Waals surface area contributed by atoms with Crippen molar-refractivity contribution in [1.29, 1.82) is 0 Å². The summed E-state index contributed by atoms with van der Waals surface area (Å²) in [6.07, 6.45) is -1.03. The second kappa shape index (κ2) is 8.39. The number of nitrogens with zero attached hydrogens (tertiary/aromatic N) is 1. The van der Waals surface area contributed by atoms with Gasteiger partial charge in [-0.15, -0.1) is 0 Å². The fourth-order valence-corrected chi connectivity index (χ4v) is 3.65. The van der Waals surface area contributed by atoms with Gasteiger partial charge in [0.15, 0.2) is 5.54 Å². The minimum Gasteiger partial charge on any atom is -0.491 e. The molecule has 1 atom stereocenters. The van der Waals surface area contributed by atoms with E-state index < -0.39 is 23.6 Å². The Labute approximate surface area is 174 Å². The number of carbonyl (C=O) groups excluding carboxylic acids is 2. The van der Waals surface area contributed by atoms with Crippen LogP contribution in [0.1, 0.15) is 11.1 Å². The summed E-state index contributed by atoms with van der Waals surface area (Å²) < 4.78 is 5.55. The van der Waals surface area contributed by atoms with Gasteiger partial charge in [0, 0.05) is 0 Å². The van der Waals surface area contributed by atoms with Crippen molar-refractivity contribution in [3.05, 3.63) is 102 Å². The van der Waals surface area contributed by atoms with Crippen molar-refractivity contribution in [3.63, 3.8) is 0 Å². The first-order valence-corrected chi connectivity index (χ1v) is 9.72. The van der Waals surface area contributed by atoms with Crippen LogP contribution in [0, 0.1) is 0 Å². The lowest BCUT2D eigenvalue weighted by Gasteiger charge is -2.28. The molecule has 0 saturated carbocycles. The molecule has 2 N–H and O–H groups in total. The Morgan fingerprint density at radius 1 is 0.833 bits per heavy atom. The van der Waals surface area contributed by atoms with Gasteiger partial charge in [-0.2, -0.15) is 0 Å². The lowest BCUT2D eigenvalue weighted by Crippen LogP contribution is -2.46. The first-order chi connectivity index (χ1) is 14.6. The number of aliphatic hydroxyl groups is 1. The van der Waals surface area contributed by atoms with E-state index >= 15 is 0 Å². The molecule has 3 aromatic carbocycles. The van der Waals surface area contributed by atoms with Crippen LogP contribution in [0.25, 0.3) is 0 Å². The summed E-state index contributed by atoms with van der Waals surface area (Å²) in [6, 6.07) is 26.8. The van der Waals surface area contributed by atoms with Crippen molar-refractivity contribution < 1.29 is 19.4 Å². The van der Waals surface area contributed by atoms with E-state index in [1.165, 1.54) is 0 Å². The quantitative estimate of drug-likeness (QED) is 0.596. The van der Waals surface area contributed by atoms with Gasteiger partial charge in [0.2, 0.25) is 0 Å². The number of imide groups is 1. The molecule has 3 aromatic rings. The molecule has 1 aliphatic heterocycles. The van der Waals surface area contributed by atoms with E-state index in [0.717, 1.165) is 4.90 Å². The Bertz CT molecular complexity index is 970. The maximum Gasteiger partial charge on any atom is 0.325 e. The number of benzene rings is 3. The minimum absolute atomic E-state index is 0.0370. The van der Waals surface area contributed by atoms with Crippen molar-refractivity contribution in [1.82, 2.24) is 10.2 Å². The van der Waals surface area contributed by atoms with Crippen LogP contribution in [0.2, 0.25) is 0 Å². The number of amides is 3. The predicted octanol–water partition coefficient (Wildman–Crippen LogP) is 2.92. The van der Waals surface area contributed by atoms with Crippen molar-refractivity contribution in [2.75, 3.05) is 13.2 Å². The number of rotatable bonds is 7. The molecule has 6 heteroatoms. The number of hydrogen-bond donors (Lipinski definition) is 2. The van der Waals surface area contributed by atoms with E-state index in [-0.39, 0.29) is 13.2 Å². The lowest BCUT2D eigenvalue weighted by molar-refractivity contribution is -0.131. The molecule has 152 valence electrons. The van der Waals surface area contributed by atoms with Gasteiger partial charge < -0.3 is 15.2 Å². The van der Waals surface area contributed by atoms with Gasteiger partial charge in [-0.25, -0.2) is 4.79 Å². The molecule has 0 bridgehead atoms. The van der Waals surface area contributed by atoms with E-state index in [2.05, 4.69) is 5.32 Å².